The van der Waals surface area contributed by atoms with Gasteiger partial charge in [-0.1, -0.05) is 17.9 Å². The number of halogens is 6. The van der Waals surface area contributed by atoms with Gasteiger partial charge in [-0.2, -0.15) is 23.1 Å². The van der Waals surface area contributed by atoms with E-state index in [1.165, 1.54) is 6.08 Å². The number of ether oxygens (including phenoxy) is 1. The van der Waals surface area contributed by atoms with Gasteiger partial charge in [-0.3, -0.25) is 9.69 Å². The summed E-state index contributed by atoms with van der Waals surface area (Å²) >= 11 is 0.734. The van der Waals surface area contributed by atoms with Gasteiger partial charge in [-0.05, 0) is 57.0 Å². The van der Waals surface area contributed by atoms with Gasteiger partial charge in [0.25, 0.3) is 0 Å². The van der Waals surface area contributed by atoms with Gasteiger partial charge < -0.3 is 20.3 Å². The minimum atomic E-state index is -5.07. The monoisotopic (exact) mass is 705 g/mol. The lowest BCUT2D eigenvalue weighted by Crippen LogP contribution is -2.43. The zero-order valence-electron chi connectivity index (χ0n) is 26.7. The Balaban J connectivity index is 1.41. The van der Waals surface area contributed by atoms with E-state index in [4.69, 9.17) is 10.5 Å². The second kappa shape index (κ2) is 12.0. The van der Waals surface area contributed by atoms with E-state index >= 15 is 4.39 Å². The molecule has 7 rings (SSSR count). The maximum Gasteiger partial charge on any atom is 0.417 e. The quantitative estimate of drug-likeness (QED) is 0.176. The zero-order valence-corrected chi connectivity index (χ0v) is 27.5. The number of nitrogens with two attached hydrogens (primary N) is 1. The molecule has 2 N–H and O–H groups in total. The molecule has 49 heavy (non-hydrogen) atoms. The van der Waals surface area contributed by atoms with Crippen LogP contribution < -0.4 is 15.4 Å². The van der Waals surface area contributed by atoms with Gasteiger partial charge in [-0.15, -0.1) is 0 Å². The third kappa shape index (κ3) is 5.62. The highest BCUT2D eigenvalue weighted by Crippen LogP contribution is 2.47. The molecule has 9 nitrogen and oxygen atoms in total. The average molecular weight is 706 g/mol. The summed E-state index contributed by atoms with van der Waals surface area (Å²) in [5, 5.41) is -0.346. The van der Waals surface area contributed by atoms with Crippen molar-refractivity contribution in [3.63, 3.8) is 0 Å². The maximum atomic E-state index is 16.9. The number of amides is 1. The van der Waals surface area contributed by atoms with Crippen molar-refractivity contribution in [1.82, 2.24) is 24.8 Å². The summed E-state index contributed by atoms with van der Waals surface area (Å²) in [7, 11) is 1.60. The first-order valence-corrected chi connectivity index (χ1v) is 16.7. The Hall–Kier alpha value is -4.18. The number of aromatic nitrogens is 3. The van der Waals surface area contributed by atoms with Crippen molar-refractivity contribution in [2.75, 3.05) is 43.9 Å². The Kier molecular flexibility index (Phi) is 8.16. The Bertz CT molecular complexity index is 1990. The van der Waals surface area contributed by atoms with Crippen LogP contribution in [0.5, 0.6) is 6.01 Å². The first kappa shape index (κ1) is 33.3. The summed E-state index contributed by atoms with van der Waals surface area (Å²) in [6, 6.07) is 1.83. The second-order valence-electron chi connectivity index (χ2n) is 13.1. The molecule has 0 bridgehead atoms. The van der Waals surface area contributed by atoms with Crippen LogP contribution >= 0.6 is 11.3 Å². The van der Waals surface area contributed by atoms with Crippen LogP contribution in [0.3, 0.4) is 0 Å². The number of anilines is 2. The lowest BCUT2D eigenvalue weighted by atomic mass is 9.94. The number of carbonyl (C=O) groups excluding carboxylic acids is 1. The molecule has 0 saturated carbocycles. The molecule has 0 unspecified atom stereocenters. The maximum absolute atomic E-state index is 16.9. The summed E-state index contributed by atoms with van der Waals surface area (Å²) < 4.78 is 96.7. The molecule has 16 heteroatoms. The number of likely N-dealkylation sites (tertiary alicyclic amines) is 1. The van der Waals surface area contributed by atoms with Gasteiger partial charge in [0.05, 0.1) is 21.3 Å². The van der Waals surface area contributed by atoms with E-state index in [1.54, 1.807) is 16.8 Å². The smallest absolute Gasteiger partial charge is 0.417 e. The molecule has 3 aliphatic rings. The SMILES string of the molecule is C=CC(=O)N1C[C@H](N(C)c2nc(OC[C@@]34CCCN3C[C@H](F)C4)nc3c(F)c(-c4ccc(F)c5sc(N)nc45)c(C(F)(F)F)cc23)C[C@H]1C. The third-order valence-corrected chi connectivity index (χ3v) is 11.0. The van der Waals surface area contributed by atoms with Crippen LogP contribution in [0.2, 0.25) is 0 Å². The predicted molar refractivity (Wildman–Crippen MR) is 174 cm³/mol. The number of rotatable bonds is 7. The van der Waals surface area contributed by atoms with Crippen LogP contribution in [0.15, 0.2) is 30.9 Å². The van der Waals surface area contributed by atoms with Crippen LogP contribution in [-0.2, 0) is 11.0 Å². The number of fused-ring (bicyclic) bond motifs is 3. The lowest BCUT2D eigenvalue weighted by molar-refractivity contribution is -0.137. The molecule has 0 spiro atoms. The van der Waals surface area contributed by atoms with Gasteiger partial charge in [0.15, 0.2) is 10.9 Å². The molecule has 3 saturated heterocycles. The molecule has 3 aliphatic heterocycles. The van der Waals surface area contributed by atoms with Crippen molar-refractivity contribution in [2.45, 2.75) is 62.6 Å². The molecule has 5 heterocycles. The number of hydrogen-bond acceptors (Lipinski definition) is 9. The van der Waals surface area contributed by atoms with Crippen molar-refractivity contribution in [1.29, 1.82) is 0 Å². The first-order valence-electron chi connectivity index (χ1n) is 15.8. The summed E-state index contributed by atoms with van der Waals surface area (Å²) in [5.74, 6) is -2.44. The topological polar surface area (TPSA) is 101 Å². The third-order valence-electron chi connectivity index (χ3n) is 10.1. The Morgan fingerprint density at radius 3 is 2.73 bits per heavy atom. The van der Waals surface area contributed by atoms with E-state index in [1.807, 2.05) is 11.8 Å². The van der Waals surface area contributed by atoms with Crippen molar-refractivity contribution in [2.24, 2.45) is 0 Å². The average Bonchev–Trinajstić information content (AvgIpc) is 3.81. The fourth-order valence-corrected chi connectivity index (χ4v) is 8.50. The first-order chi connectivity index (χ1) is 23.2. The molecule has 0 aliphatic carbocycles. The number of likely N-dealkylation sites (N-methyl/N-ethyl adjacent to an activating group) is 1. The normalized spacial score (nSPS) is 24.2. The molecule has 2 aromatic carbocycles. The Morgan fingerprint density at radius 2 is 2.00 bits per heavy atom. The van der Waals surface area contributed by atoms with E-state index in [2.05, 4.69) is 21.5 Å². The van der Waals surface area contributed by atoms with E-state index in [0.29, 0.717) is 19.4 Å². The standard InChI is InChI=1S/C33H33F6N7O2S/c1-4-23(47)46-14-18(10-16(46)2)44(3)29-20-11-21(33(37,38)39)24(19-6-7-22(35)28-27(19)41-30(40)49-28)25(36)26(20)42-31(43-29)48-15-32-8-5-9-45(32)13-17(34)12-32/h4,6-7,11,16-18H,1,5,8-10,12-15H2,2-3H3,(H2,40,41)/t16-,17-,18-,32+/m1/s1. The van der Waals surface area contributed by atoms with Crippen LogP contribution in [0.1, 0.15) is 38.2 Å². The number of carbonyl (C=O) groups is 1. The fraction of sp³-hybridized carbons (Fsp3) is 0.455. The molecule has 260 valence electrons. The van der Waals surface area contributed by atoms with Crippen LogP contribution in [0.25, 0.3) is 32.2 Å². The molecular weight excluding hydrogens is 672 g/mol. The molecule has 2 aromatic heterocycles. The number of hydrogen-bond donors (Lipinski definition) is 1. The highest BCUT2D eigenvalue weighted by atomic mass is 32.1. The van der Waals surface area contributed by atoms with Crippen molar-refractivity contribution < 1.29 is 35.9 Å². The lowest BCUT2D eigenvalue weighted by Gasteiger charge is -2.31. The van der Waals surface area contributed by atoms with Crippen LogP contribution in [-0.4, -0.2) is 87.7 Å². The summed E-state index contributed by atoms with van der Waals surface area (Å²) in [4.78, 5) is 30.6. The van der Waals surface area contributed by atoms with Gasteiger partial charge in [0.1, 0.15) is 29.9 Å². The molecular formula is C33H33F6N7O2S. The van der Waals surface area contributed by atoms with Crippen LogP contribution in [0.4, 0.5) is 37.3 Å². The second-order valence-corrected chi connectivity index (χ2v) is 14.1. The molecule has 0 radical (unpaired) electrons. The zero-order chi connectivity index (χ0) is 35.0. The van der Waals surface area contributed by atoms with E-state index in [-0.39, 0.29) is 76.2 Å². The summed E-state index contributed by atoms with van der Waals surface area (Å²) in [5.41, 5.74) is 1.98. The molecule has 4 atom stereocenters. The van der Waals surface area contributed by atoms with Crippen molar-refractivity contribution in [3.8, 4) is 17.1 Å². The fourth-order valence-electron chi connectivity index (χ4n) is 7.73. The van der Waals surface area contributed by atoms with E-state index < -0.39 is 52.2 Å². The number of nitrogens with zero attached hydrogens (tertiary/aromatic N) is 6. The Labute approximate surface area is 281 Å². The van der Waals surface area contributed by atoms with E-state index in [9.17, 15) is 26.7 Å². The van der Waals surface area contributed by atoms with Gasteiger partial charge in [0.2, 0.25) is 5.91 Å². The van der Waals surface area contributed by atoms with Crippen molar-refractivity contribution >= 4 is 49.3 Å². The Morgan fingerprint density at radius 1 is 1.22 bits per heavy atom. The van der Waals surface area contributed by atoms with Crippen LogP contribution in [0, 0.1) is 11.6 Å². The van der Waals surface area contributed by atoms with Gasteiger partial charge in [0, 0.05) is 55.2 Å². The number of benzene rings is 2. The van der Waals surface area contributed by atoms with Gasteiger partial charge in [-0.25, -0.2) is 18.2 Å². The number of alkyl halides is 4. The molecule has 1 amide bonds. The van der Waals surface area contributed by atoms with Crippen molar-refractivity contribution in [3.05, 3.63) is 48.1 Å². The minimum Gasteiger partial charge on any atom is -0.461 e. The summed E-state index contributed by atoms with van der Waals surface area (Å²) in [6.45, 7) is 6.57. The van der Waals surface area contributed by atoms with Gasteiger partial charge >= 0.3 is 12.2 Å². The predicted octanol–water partition coefficient (Wildman–Crippen LogP) is 6.35. The highest BCUT2D eigenvalue weighted by molar-refractivity contribution is 7.22. The molecule has 3 fully saturated rings. The largest absolute Gasteiger partial charge is 0.461 e. The van der Waals surface area contributed by atoms with E-state index in [0.717, 1.165) is 36.0 Å². The number of thiazole rings is 1. The highest BCUT2D eigenvalue weighted by Gasteiger charge is 2.49. The summed E-state index contributed by atoms with van der Waals surface area (Å²) in [6.07, 6.45) is -2.72. The molecule has 4 aromatic rings. The number of nitrogen functional groups attached to an aromatic ring is 1. The minimum absolute atomic E-state index is 0.00401.